The molecule has 2 saturated heterocycles. The first-order valence-corrected chi connectivity index (χ1v) is 11.1. The van der Waals surface area contributed by atoms with Gasteiger partial charge in [-0.15, -0.1) is 0 Å². The van der Waals surface area contributed by atoms with Crippen LogP contribution in [0, 0.1) is 0 Å². The summed E-state index contributed by atoms with van der Waals surface area (Å²) in [5.74, 6) is 1.18. The Labute approximate surface area is 182 Å². The van der Waals surface area contributed by atoms with Crippen molar-refractivity contribution in [3.05, 3.63) is 66.1 Å². The number of ether oxygens (including phenoxy) is 2. The number of likely N-dealkylation sites (tertiary alicyclic amines) is 1. The number of piperidine rings is 1. The largest absolute Gasteiger partial charge is 0.474 e. The topological polar surface area (TPSA) is 64.6 Å². The van der Waals surface area contributed by atoms with E-state index < -0.39 is 0 Å². The minimum absolute atomic E-state index is 0.00932. The molecule has 0 atom stereocenters. The zero-order valence-corrected chi connectivity index (χ0v) is 17.6. The van der Waals surface area contributed by atoms with Gasteiger partial charge in [0.25, 0.3) is 5.91 Å². The lowest BCUT2D eigenvalue weighted by Gasteiger charge is -2.32. The van der Waals surface area contributed by atoms with E-state index in [0.29, 0.717) is 24.7 Å². The molecule has 31 heavy (non-hydrogen) atoms. The number of hydrogen-bond donors (Lipinski definition) is 0. The first-order chi connectivity index (χ1) is 15.3. The van der Waals surface area contributed by atoms with E-state index >= 15 is 0 Å². The van der Waals surface area contributed by atoms with Gasteiger partial charge >= 0.3 is 0 Å². The fourth-order valence-corrected chi connectivity index (χ4v) is 4.52. The zero-order valence-electron chi connectivity index (χ0n) is 17.6. The van der Waals surface area contributed by atoms with Crippen molar-refractivity contribution in [2.24, 2.45) is 0 Å². The number of amides is 1. The van der Waals surface area contributed by atoms with Crippen LogP contribution in [0.1, 0.15) is 47.7 Å². The van der Waals surface area contributed by atoms with Crippen LogP contribution < -0.4 is 4.74 Å². The van der Waals surface area contributed by atoms with E-state index in [0.717, 1.165) is 55.5 Å². The van der Waals surface area contributed by atoms with E-state index in [1.165, 1.54) is 5.56 Å². The van der Waals surface area contributed by atoms with Gasteiger partial charge in [0.05, 0.1) is 0 Å². The third-order valence-electron chi connectivity index (χ3n) is 6.32. The smallest absolute Gasteiger partial charge is 0.272 e. The summed E-state index contributed by atoms with van der Waals surface area (Å²) in [6.07, 6.45) is 7.25. The van der Waals surface area contributed by atoms with Gasteiger partial charge in [0.2, 0.25) is 5.88 Å². The zero-order chi connectivity index (χ0) is 21.0. The summed E-state index contributed by atoms with van der Waals surface area (Å²) in [5, 5.41) is 2.08. The molecular weight excluding hydrogens is 390 g/mol. The van der Waals surface area contributed by atoms with E-state index in [4.69, 9.17) is 9.47 Å². The van der Waals surface area contributed by atoms with Crippen molar-refractivity contribution in [3.63, 3.8) is 0 Å². The molecule has 0 spiro atoms. The van der Waals surface area contributed by atoms with E-state index in [9.17, 15) is 4.79 Å². The molecule has 0 radical (unpaired) electrons. The van der Waals surface area contributed by atoms with Crippen molar-refractivity contribution in [2.45, 2.75) is 37.7 Å². The predicted octanol–water partition coefficient (Wildman–Crippen LogP) is 4.21. The number of hydrogen-bond acceptors (Lipinski definition) is 5. The molecule has 0 bridgehead atoms. The standard InChI is InChI=1S/C25H27N3O3/c29-25(23-16-19-4-1-2-5-20(19)17-27-23)28-12-7-21(8-13-28)31-24-22(6-3-11-26-24)18-9-14-30-15-10-18/h1-6,11,16-18,21H,7-10,12-15H2. The molecule has 2 aromatic heterocycles. The molecule has 2 fully saturated rings. The summed E-state index contributed by atoms with van der Waals surface area (Å²) >= 11 is 0. The van der Waals surface area contributed by atoms with Crippen molar-refractivity contribution in [3.8, 4) is 5.88 Å². The molecule has 0 saturated carbocycles. The predicted molar refractivity (Wildman–Crippen MR) is 118 cm³/mol. The summed E-state index contributed by atoms with van der Waals surface area (Å²) in [7, 11) is 0. The van der Waals surface area contributed by atoms with Crippen molar-refractivity contribution in [1.29, 1.82) is 0 Å². The Morgan fingerprint density at radius 2 is 1.74 bits per heavy atom. The average molecular weight is 418 g/mol. The molecule has 5 rings (SSSR count). The highest BCUT2D eigenvalue weighted by atomic mass is 16.5. The summed E-state index contributed by atoms with van der Waals surface area (Å²) in [6, 6.07) is 14.0. The Hall–Kier alpha value is -2.99. The molecule has 2 aliphatic heterocycles. The van der Waals surface area contributed by atoms with E-state index in [1.807, 2.05) is 41.3 Å². The molecule has 0 N–H and O–H groups in total. The van der Waals surface area contributed by atoms with Gasteiger partial charge in [0, 0.05) is 62.5 Å². The van der Waals surface area contributed by atoms with Gasteiger partial charge in [0.15, 0.2) is 0 Å². The van der Waals surface area contributed by atoms with Crippen LogP contribution in [0.4, 0.5) is 0 Å². The third kappa shape index (κ3) is 4.39. The Bertz CT molecular complexity index is 1060. The van der Waals surface area contributed by atoms with Crippen LogP contribution in [0.15, 0.2) is 54.9 Å². The maximum absolute atomic E-state index is 13.0. The Balaban J connectivity index is 1.22. The quantitative estimate of drug-likeness (QED) is 0.636. The van der Waals surface area contributed by atoms with Crippen molar-refractivity contribution >= 4 is 16.7 Å². The summed E-state index contributed by atoms with van der Waals surface area (Å²) < 4.78 is 11.8. The SMILES string of the molecule is O=C(c1cc2ccccc2cn1)N1CCC(Oc2ncccc2C2CCOCC2)CC1. The Kier molecular flexibility index (Phi) is 5.80. The van der Waals surface area contributed by atoms with E-state index in [1.54, 1.807) is 12.4 Å². The summed E-state index contributed by atoms with van der Waals surface area (Å²) in [5.41, 5.74) is 1.69. The normalized spacial score (nSPS) is 18.3. The number of aromatic nitrogens is 2. The van der Waals surface area contributed by atoms with Gasteiger partial charge in [-0.2, -0.15) is 0 Å². The number of nitrogens with zero attached hydrogens (tertiary/aromatic N) is 3. The second-order valence-corrected chi connectivity index (χ2v) is 8.31. The van der Waals surface area contributed by atoms with E-state index in [2.05, 4.69) is 16.0 Å². The van der Waals surface area contributed by atoms with Gasteiger partial charge in [-0.3, -0.25) is 9.78 Å². The highest BCUT2D eigenvalue weighted by Crippen LogP contribution is 2.33. The fraction of sp³-hybridized carbons (Fsp3) is 0.400. The molecule has 3 aromatic rings. The highest BCUT2D eigenvalue weighted by Gasteiger charge is 2.27. The third-order valence-corrected chi connectivity index (χ3v) is 6.32. The van der Waals surface area contributed by atoms with Gasteiger partial charge in [0.1, 0.15) is 11.8 Å². The van der Waals surface area contributed by atoms with Gasteiger partial charge in [-0.05, 0) is 36.3 Å². The first kappa shape index (κ1) is 19.9. The molecule has 1 amide bonds. The molecule has 4 heterocycles. The second kappa shape index (κ2) is 9.02. The molecule has 6 nitrogen and oxygen atoms in total. The van der Waals surface area contributed by atoms with Crippen LogP contribution in [0.2, 0.25) is 0 Å². The number of carbonyl (C=O) groups is 1. The molecule has 6 heteroatoms. The Morgan fingerprint density at radius 3 is 2.55 bits per heavy atom. The molecule has 0 aliphatic carbocycles. The van der Waals surface area contributed by atoms with Crippen LogP contribution in [0.25, 0.3) is 10.8 Å². The molecule has 1 aromatic carbocycles. The van der Waals surface area contributed by atoms with Crippen LogP contribution in [0.5, 0.6) is 5.88 Å². The van der Waals surface area contributed by atoms with E-state index in [-0.39, 0.29) is 12.0 Å². The maximum atomic E-state index is 13.0. The maximum Gasteiger partial charge on any atom is 0.272 e. The Morgan fingerprint density at radius 1 is 0.968 bits per heavy atom. The summed E-state index contributed by atoms with van der Waals surface area (Å²) in [6.45, 7) is 2.92. The lowest BCUT2D eigenvalue weighted by Crippen LogP contribution is -2.42. The van der Waals surface area contributed by atoms with Crippen LogP contribution in [-0.4, -0.2) is 53.2 Å². The molecule has 160 valence electrons. The van der Waals surface area contributed by atoms with Gasteiger partial charge in [-0.25, -0.2) is 4.98 Å². The van der Waals surface area contributed by atoms with Crippen LogP contribution in [0.3, 0.4) is 0 Å². The highest BCUT2D eigenvalue weighted by molar-refractivity contribution is 5.96. The molecular formula is C25H27N3O3. The van der Waals surface area contributed by atoms with Crippen LogP contribution >= 0.6 is 0 Å². The lowest BCUT2D eigenvalue weighted by atomic mass is 9.92. The lowest BCUT2D eigenvalue weighted by molar-refractivity contribution is 0.0573. The molecule has 0 unspecified atom stereocenters. The van der Waals surface area contributed by atoms with Crippen molar-refractivity contribution in [2.75, 3.05) is 26.3 Å². The monoisotopic (exact) mass is 417 g/mol. The number of fused-ring (bicyclic) bond motifs is 1. The number of rotatable bonds is 4. The number of pyridine rings is 2. The number of benzene rings is 1. The average Bonchev–Trinajstić information content (AvgIpc) is 2.85. The van der Waals surface area contributed by atoms with Crippen molar-refractivity contribution in [1.82, 2.24) is 14.9 Å². The fourth-order valence-electron chi connectivity index (χ4n) is 4.52. The second-order valence-electron chi connectivity index (χ2n) is 8.31. The van der Waals surface area contributed by atoms with Crippen molar-refractivity contribution < 1.29 is 14.3 Å². The van der Waals surface area contributed by atoms with Gasteiger partial charge in [-0.1, -0.05) is 30.3 Å². The number of carbonyl (C=O) groups excluding carboxylic acids is 1. The first-order valence-electron chi connectivity index (χ1n) is 11.1. The summed E-state index contributed by atoms with van der Waals surface area (Å²) in [4.78, 5) is 23.8. The molecule has 2 aliphatic rings. The van der Waals surface area contributed by atoms with Gasteiger partial charge < -0.3 is 14.4 Å². The minimum atomic E-state index is -0.00932. The van der Waals surface area contributed by atoms with Crippen LogP contribution in [-0.2, 0) is 4.74 Å². The minimum Gasteiger partial charge on any atom is -0.474 e.